The number of hydrogen-bond acceptors (Lipinski definition) is 6. The van der Waals surface area contributed by atoms with E-state index < -0.39 is 9.84 Å². The van der Waals surface area contributed by atoms with E-state index >= 15 is 0 Å². The Morgan fingerprint density at radius 2 is 2.33 bits per heavy atom. The van der Waals surface area contributed by atoms with Crippen molar-refractivity contribution in [2.45, 2.75) is 6.04 Å². The highest BCUT2D eigenvalue weighted by molar-refractivity contribution is 7.94. The van der Waals surface area contributed by atoms with Crippen molar-refractivity contribution in [3.63, 3.8) is 0 Å². The second kappa shape index (κ2) is 3.67. The predicted molar refractivity (Wildman–Crippen MR) is 63.9 cm³/mol. The Morgan fingerprint density at radius 1 is 1.50 bits per heavy atom. The first kappa shape index (κ1) is 11.0. The third-order valence-corrected chi connectivity index (χ3v) is 3.97. The van der Waals surface area contributed by atoms with Gasteiger partial charge < -0.3 is 5.32 Å². The van der Waals surface area contributed by atoms with Gasteiger partial charge in [0.25, 0.3) is 0 Å². The number of H-pyrrole nitrogens is 1. The molecule has 0 saturated carbocycles. The monoisotopic (exact) mass is 267 g/mol. The van der Waals surface area contributed by atoms with E-state index in [-0.39, 0.29) is 17.5 Å². The SMILES string of the molecule is O=c1[nH]nc2cc(NC3C=CS(=O)(=O)C3)ncn12. The number of aromatic amines is 1. The fourth-order valence-corrected chi connectivity index (χ4v) is 2.98. The molecule has 1 aliphatic rings. The Bertz CT molecular complexity index is 788. The molecule has 0 aliphatic carbocycles. The van der Waals surface area contributed by atoms with Crippen LogP contribution in [0.2, 0.25) is 0 Å². The molecule has 2 N–H and O–H groups in total. The minimum absolute atomic E-state index is 0.00717. The molecular formula is C9H9N5O3S. The molecule has 1 aliphatic heterocycles. The highest BCUT2D eigenvalue weighted by atomic mass is 32.2. The number of anilines is 1. The molecule has 0 amide bonds. The van der Waals surface area contributed by atoms with Gasteiger partial charge in [-0.15, -0.1) is 0 Å². The summed E-state index contributed by atoms with van der Waals surface area (Å²) < 4.78 is 23.7. The lowest BCUT2D eigenvalue weighted by molar-refractivity contribution is 0.605. The molecule has 8 nitrogen and oxygen atoms in total. The highest BCUT2D eigenvalue weighted by Crippen LogP contribution is 2.13. The van der Waals surface area contributed by atoms with Gasteiger partial charge in [0.05, 0.1) is 11.8 Å². The standard InChI is InChI=1S/C9H9N5O3S/c15-9-13-12-8-3-7(10-5-14(8)9)11-6-1-2-18(16,17)4-6/h1-3,5-6,11H,4H2,(H,13,15). The molecular weight excluding hydrogens is 258 g/mol. The van der Waals surface area contributed by atoms with E-state index in [0.717, 1.165) is 0 Å². The van der Waals surface area contributed by atoms with Crippen LogP contribution in [0.3, 0.4) is 0 Å². The second-order valence-corrected chi connectivity index (χ2v) is 5.87. The van der Waals surface area contributed by atoms with Gasteiger partial charge >= 0.3 is 5.69 Å². The Balaban J connectivity index is 1.88. The maximum absolute atomic E-state index is 11.2. The summed E-state index contributed by atoms with van der Waals surface area (Å²) in [7, 11) is -3.10. The average Bonchev–Trinajstić information content (AvgIpc) is 2.83. The van der Waals surface area contributed by atoms with Gasteiger partial charge in [0.1, 0.15) is 12.1 Å². The van der Waals surface area contributed by atoms with Crippen LogP contribution in [0.4, 0.5) is 5.82 Å². The van der Waals surface area contributed by atoms with Gasteiger partial charge in [0.15, 0.2) is 15.5 Å². The van der Waals surface area contributed by atoms with E-state index in [1.54, 1.807) is 12.1 Å². The number of fused-ring (bicyclic) bond motifs is 1. The molecule has 0 aromatic carbocycles. The summed E-state index contributed by atoms with van der Waals surface area (Å²) in [6, 6.07) is 1.26. The molecule has 0 fully saturated rings. The average molecular weight is 267 g/mol. The van der Waals surface area contributed by atoms with Crippen LogP contribution in [0.25, 0.3) is 5.65 Å². The van der Waals surface area contributed by atoms with Crippen molar-refractivity contribution in [1.29, 1.82) is 0 Å². The molecule has 1 unspecified atom stereocenters. The molecule has 0 bridgehead atoms. The Hall–Kier alpha value is -2.16. The highest BCUT2D eigenvalue weighted by Gasteiger charge is 2.21. The third kappa shape index (κ3) is 1.88. The van der Waals surface area contributed by atoms with Gasteiger partial charge in [-0.1, -0.05) is 0 Å². The molecule has 0 saturated heterocycles. The van der Waals surface area contributed by atoms with Crippen LogP contribution >= 0.6 is 0 Å². The summed E-state index contributed by atoms with van der Waals surface area (Å²) in [6.07, 6.45) is 2.90. The number of nitrogens with one attached hydrogen (secondary N) is 2. The maximum Gasteiger partial charge on any atom is 0.348 e. The lowest BCUT2D eigenvalue weighted by Crippen LogP contribution is -2.21. The fraction of sp³-hybridized carbons (Fsp3) is 0.222. The molecule has 94 valence electrons. The van der Waals surface area contributed by atoms with Gasteiger partial charge in [0, 0.05) is 11.5 Å². The minimum Gasteiger partial charge on any atom is -0.363 e. The topological polar surface area (TPSA) is 109 Å². The number of hydrogen-bond donors (Lipinski definition) is 2. The van der Waals surface area contributed by atoms with Crippen LogP contribution in [0.15, 0.2) is 28.7 Å². The van der Waals surface area contributed by atoms with Gasteiger partial charge in [0.2, 0.25) is 0 Å². The largest absolute Gasteiger partial charge is 0.363 e. The third-order valence-electron chi connectivity index (χ3n) is 2.57. The quantitative estimate of drug-likeness (QED) is 0.732. The van der Waals surface area contributed by atoms with Crippen molar-refractivity contribution in [3.05, 3.63) is 34.4 Å². The van der Waals surface area contributed by atoms with Crippen LogP contribution in [0, 0.1) is 0 Å². The summed E-state index contributed by atoms with van der Waals surface area (Å²) in [5.41, 5.74) is 0.0507. The first-order chi connectivity index (χ1) is 8.53. The number of nitrogens with zero attached hydrogens (tertiary/aromatic N) is 3. The zero-order chi connectivity index (χ0) is 12.8. The summed E-state index contributed by atoms with van der Waals surface area (Å²) >= 11 is 0. The van der Waals surface area contributed by atoms with E-state index in [0.29, 0.717) is 11.5 Å². The molecule has 9 heteroatoms. The first-order valence-corrected chi connectivity index (χ1v) is 6.85. The van der Waals surface area contributed by atoms with Gasteiger partial charge in [-0.25, -0.2) is 27.7 Å². The fourth-order valence-electron chi connectivity index (χ4n) is 1.74. The molecule has 18 heavy (non-hydrogen) atoms. The zero-order valence-electron chi connectivity index (χ0n) is 9.07. The number of sulfone groups is 1. The number of rotatable bonds is 2. The van der Waals surface area contributed by atoms with Crippen molar-refractivity contribution >= 4 is 21.3 Å². The van der Waals surface area contributed by atoms with Crippen LogP contribution in [0.1, 0.15) is 0 Å². The van der Waals surface area contributed by atoms with Crippen molar-refractivity contribution in [3.8, 4) is 0 Å². The molecule has 3 rings (SSSR count). The second-order valence-electron chi connectivity index (χ2n) is 3.94. The van der Waals surface area contributed by atoms with Gasteiger partial charge in [-0.3, -0.25) is 0 Å². The normalized spacial score (nSPS) is 21.4. The molecule has 2 aromatic rings. The van der Waals surface area contributed by atoms with Gasteiger partial charge in [-0.05, 0) is 6.08 Å². The summed E-state index contributed by atoms with van der Waals surface area (Å²) in [6.45, 7) is 0. The van der Waals surface area contributed by atoms with Crippen molar-refractivity contribution in [2.24, 2.45) is 0 Å². The van der Waals surface area contributed by atoms with Gasteiger partial charge in [-0.2, -0.15) is 5.10 Å². The van der Waals surface area contributed by atoms with Crippen LogP contribution in [-0.2, 0) is 9.84 Å². The Labute approximate surface area is 101 Å². The Kier molecular flexibility index (Phi) is 2.23. The van der Waals surface area contributed by atoms with E-state index in [4.69, 9.17) is 0 Å². The first-order valence-electron chi connectivity index (χ1n) is 5.14. The van der Waals surface area contributed by atoms with Crippen LogP contribution in [-0.4, -0.2) is 39.8 Å². The van der Waals surface area contributed by atoms with Crippen LogP contribution < -0.4 is 11.0 Å². The lowest BCUT2D eigenvalue weighted by Gasteiger charge is -2.09. The van der Waals surface area contributed by atoms with Crippen molar-refractivity contribution < 1.29 is 8.42 Å². The molecule has 1 atom stereocenters. The maximum atomic E-state index is 11.2. The van der Waals surface area contributed by atoms with E-state index in [1.165, 1.54) is 16.1 Å². The molecule has 0 radical (unpaired) electrons. The van der Waals surface area contributed by atoms with E-state index in [9.17, 15) is 13.2 Å². The molecule has 3 heterocycles. The predicted octanol–water partition coefficient (Wildman–Crippen LogP) is -0.860. The number of aromatic nitrogens is 4. The van der Waals surface area contributed by atoms with Crippen molar-refractivity contribution in [2.75, 3.05) is 11.1 Å². The summed E-state index contributed by atoms with van der Waals surface area (Å²) in [5.74, 6) is 0.473. The van der Waals surface area contributed by atoms with Crippen molar-refractivity contribution in [1.82, 2.24) is 19.6 Å². The zero-order valence-corrected chi connectivity index (χ0v) is 9.88. The smallest absolute Gasteiger partial charge is 0.348 e. The summed E-state index contributed by atoms with van der Waals surface area (Å²) in [5, 5.41) is 10.2. The molecule has 0 spiro atoms. The Morgan fingerprint density at radius 3 is 3.06 bits per heavy atom. The summed E-state index contributed by atoms with van der Waals surface area (Å²) in [4.78, 5) is 15.2. The lowest BCUT2D eigenvalue weighted by atomic mass is 10.3. The van der Waals surface area contributed by atoms with E-state index in [1.807, 2.05) is 0 Å². The minimum atomic E-state index is -3.10. The van der Waals surface area contributed by atoms with E-state index in [2.05, 4.69) is 20.5 Å². The van der Waals surface area contributed by atoms with Crippen LogP contribution in [0.5, 0.6) is 0 Å². The molecule has 2 aromatic heterocycles.